The Kier molecular flexibility index (Phi) is 5.55. The van der Waals surface area contributed by atoms with Gasteiger partial charge in [0, 0.05) is 11.6 Å². The van der Waals surface area contributed by atoms with Gasteiger partial charge in [-0.3, -0.25) is 0 Å². The first-order valence-corrected chi connectivity index (χ1v) is 7.12. The average molecular weight is 411 g/mol. The monoisotopic (exact) mass is 408 g/mol. The molecule has 0 bridgehead atoms. The Morgan fingerprint density at radius 3 is 2.15 bits per heavy atom. The fraction of sp³-hybridized carbons (Fsp3) is 0.333. The van der Waals surface area contributed by atoms with Gasteiger partial charge in [0.2, 0.25) is 0 Å². The van der Waals surface area contributed by atoms with E-state index in [0.29, 0.717) is 10.6 Å². The number of hydrogen-bond donors (Lipinski definition) is 0. The molecular weight excluding hydrogens is 407 g/mol. The van der Waals surface area contributed by atoms with E-state index in [4.69, 9.17) is 11.6 Å². The summed E-state index contributed by atoms with van der Waals surface area (Å²) in [6, 6.07) is 0. The summed E-state index contributed by atoms with van der Waals surface area (Å²) in [5.74, 6) is 1.45. The summed E-state index contributed by atoms with van der Waals surface area (Å²) in [5, 5.41) is 0. The van der Waals surface area contributed by atoms with Crippen LogP contribution >= 0.6 is 71.2 Å². The zero-order valence-electron chi connectivity index (χ0n) is 6.23. The van der Waals surface area contributed by atoms with Gasteiger partial charge < -0.3 is 0 Å². The van der Waals surface area contributed by atoms with E-state index in [9.17, 15) is 0 Å². The predicted octanol–water partition coefficient (Wildman–Crippen LogP) is 4.10. The van der Waals surface area contributed by atoms with Crippen LogP contribution in [0, 0.1) is 0 Å². The maximum atomic E-state index is 5.59. The summed E-state index contributed by atoms with van der Waals surface area (Å²) in [6.07, 6.45) is 0. The number of nitrogens with zero attached hydrogens (tertiary/aromatic N) is 2. The lowest BCUT2D eigenvalue weighted by Gasteiger charge is -2.04. The Hall–Kier alpha value is 1.16. The lowest BCUT2D eigenvalue weighted by Crippen LogP contribution is -1.91. The third-order valence-corrected chi connectivity index (χ3v) is 4.60. The van der Waals surface area contributed by atoms with E-state index in [0.717, 1.165) is 19.9 Å². The van der Waals surface area contributed by atoms with Crippen LogP contribution in [0.5, 0.6) is 0 Å². The molecule has 72 valence electrons. The molecule has 1 aromatic heterocycles. The van der Waals surface area contributed by atoms with Crippen LogP contribution in [0.3, 0.4) is 0 Å². The molecule has 0 saturated heterocycles. The van der Waals surface area contributed by atoms with Crippen molar-refractivity contribution in [2.75, 3.05) is 11.6 Å². The first kappa shape index (κ1) is 12.2. The van der Waals surface area contributed by atoms with Gasteiger partial charge in [0.15, 0.2) is 4.73 Å². The van der Waals surface area contributed by atoms with Crippen molar-refractivity contribution in [1.82, 2.24) is 9.97 Å². The van der Waals surface area contributed by atoms with E-state index in [1.54, 1.807) is 11.8 Å². The number of aromatic nitrogens is 2. The minimum atomic E-state index is 0.557. The van der Waals surface area contributed by atoms with Crippen molar-refractivity contribution in [3.8, 4) is 0 Å². The quantitative estimate of drug-likeness (QED) is 0.324. The average Bonchev–Trinajstić information content (AvgIpc) is 2.02. The zero-order chi connectivity index (χ0) is 9.84. The largest absolute Gasteiger partial charge is 0.214 e. The minimum Gasteiger partial charge on any atom is -0.214 e. The van der Waals surface area contributed by atoms with Crippen molar-refractivity contribution < 1.29 is 0 Å². The summed E-state index contributed by atoms with van der Waals surface area (Å²) in [7, 11) is 0. The lowest BCUT2D eigenvalue weighted by molar-refractivity contribution is 0.992. The molecule has 0 aliphatic carbocycles. The molecule has 1 rings (SSSR count). The SMILES string of the molecule is ClCCSc1c(Br)nc(Br)nc1Br. The van der Waals surface area contributed by atoms with Crippen LogP contribution in [-0.2, 0) is 0 Å². The third-order valence-electron chi connectivity index (χ3n) is 1.08. The highest BCUT2D eigenvalue weighted by Crippen LogP contribution is 2.32. The van der Waals surface area contributed by atoms with Gasteiger partial charge in [-0.1, -0.05) is 0 Å². The smallest absolute Gasteiger partial charge is 0.198 e. The Balaban J connectivity index is 2.92. The molecule has 0 aromatic carbocycles. The third kappa shape index (κ3) is 3.66. The van der Waals surface area contributed by atoms with E-state index in [1.165, 1.54) is 0 Å². The van der Waals surface area contributed by atoms with Gasteiger partial charge >= 0.3 is 0 Å². The Morgan fingerprint density at radius 1 is 1.15 bits per heavy atom. The van der Waals surface area contributed by atoms with E-state index >= 15 is 0 Å². The van der Waals surface area contributed by atoms with Gasteiger partial charge in [-0.15, -0.1) is 23.4 Å². The van der Waals surface area contributed by atoms with Crippen LogP contribution in [0.1, 0.15) is 0 Å². The van der Waals surface area contributed by atoms with Gasteiger partial charge in [-0.25, -0.2) is 9.97 Å². The first-order valence-electron chi connectivity index (χ1n) is 3.22. The van der Waals surface area contributed by atoms with Gasteiger partial charge in [0.1, 0.15) is 9.21 Å². The van der Waals surface area contributed by atoms with Crippen molar-refractivity contribution in [1.29, 1.82) is 0 Å². The molecule has 1 aromatic rings. The van der Waals surface area contributed by atoms with Crippen molar-refractivity contribution in [2.45, 2.75) is 4.90 Å². The van der Waals surface area contributed by atoms with E-state index < -0.39 is 0 Å². The van der Waals surface area contributed by atoms with Crippen molar-refractivity contribution in [3.05, 3.63) is 13.9 Å². The molecule has 1 heterocycles. The normalized spacial score (nSPS) is 10.5. The predicted molar refractivity (Wildman–Crippen MR) is 66.6 cm³/mol. The van der Waals surface area contributed by atoms with E-state index in [-0.39, 0.29) is 0 Å². The Morgan fingerprint density at radius 2 is 1.69 bits per heavy atom. The summed E-state index contributed by atoms with van der Waals surface area (Å²) in [4.78, 5) is 9.21. The zero-order valence-corrected chi connectivity index (χ0v) is 12.6. The summed E-state index contributed by atoms with van der Waals surface area (Å²) in [5.41, 5.74) is 0. The van der Waals surface area contributed by atoms with Crippen LogP contribution in [0.4, 0.5) is 0 Å². The highest BCUT2D eigenvalue weighted by atomic mass is 79.9. The molecule has 0 saturated carbocycles. The van der Waals surface area contributed by atoms with Crippen molar-refractivity contribution in [2.24, 2.45) is 0 Å². The molecule has 0 spiro atoms. The topological polar surface area (TPSA) is 25.8 Å². The number of alkyl halides is 1. The molecule has 0 fully saturated rings. The molecule has 0 radical (unpaired) electrons. The first-order chi connectivity index (χ1) is 6.15. The van der Waals surface area contributed by atoms with Gasteiger partial charge in [-0.2, -0.15) is 0 Å². The molecule has 0 N–H and O–H groups in total. The summed E-state index contributed by atoms with van der Waals surface area (Å²) in [6.45, 7) is 0. The number of thioether (sulfide) groups is 1. The number of halogens is 4. The second-order valence-electron chi connectivity index (χ2n) is 1.94. The number of rotatable bonds is 3. The highest BCUT2D eigenvalue weighted by molar-refractivity contribution is 9.11. The van der Waals surface area contributed by atoms with Crippen LogP contribution in [0.15, 0.2) is 18.8 Å². The molecular formula is C6H4Br3ClN2S. The summed E-state index contributed by atoms with van der Waals surface area (Å²) < 4.78 is 2.11. The fourth-order valence-corrected chi connectivity index (χ4v) is 3.97. The van der Waals surface area contributed by atoms with Crippen molar-refractivity contribution >= 4 is 71.2 Å². The van der Waals surface area contributed by atoms with Gasteiger partial charge in [0.05, 0.1) is 4.90 Å². The Labute approximate surface area is 111 Å². The maximum absolute atomic E-state index is 5.59. The standard InChI is InChI=1S/C6H4Br3ClN2S/c7-4-3(13-2-1-10)5(8)12-6(9)11-4/h1-2H2. The second-order valence-corrected chi connectivity index (χ2v) is 5.64. The van der Waals surface area contributed by atoms with Crippen molar-refractivity contribution in [3.63, 3.8) is 0 Å². The van der Waals surface area contributed by atoms with Gasteiger partial charge in [-0.05, 0) is 47.8 Å². The lowest BCUT2D eigenvalue weighted by atomic mass is 10.7. The van der Waals surface area contributed by atoms with E-state index in [1.807, 2.05) is 0 Å². The molecule has 2 nitrogen and oxygen atoms in total. The molecule has 0 aliphatic rings. The van der Waals surface area contributed by atoms with E-state index in [2.05, 4.69) is 57.8 Å². The highest BCUT2D eigenvalue weighted by Gasteiger charge is 2.09. The fourth-order valence-electron chi connectivity index (χ4n) is 0.633. The van der Waals surface area contributed by atoms with Crippen LogP contribution in [-0.4, -0.2) is 21.6 Å². The molecule has 0 amide bonds. The summed E-state index contributed by atoms with van der Waals surface area (Å²) >= 11 is 17.1. The molecule has 0 aliphatic heterocycles. The molecule has 13 heavy (non-hydrogen) atoms. The van der Waals surface area contributed by atoms with Crippen LogP contribution in [0.25, 0.3) is 0 Å². The van der Waals surface area contributed by atoms with Gasteiger partial charge in [0.25, 0.3) is 0 Å². The van der Waals surface area contributed by atoms with Crippen LogP contribution < -0.4 is 0 Å². The molecule has 7 heteroatoms. The maximum Gasteiger partial charge on any atom is 0.198 e. The van der Waals surface area contributed by atoms with Crippen LogP contribution in [0.2, 0.25) is 0 Å². The second kappa shape index (κ2) is 5.90. The minimum absolute atomic E-state index is 0.557. The Bertz CT molecular complexity index is 287. The molecule has 0 unspecified atom stereocenters. The number of hydrogen-bond acceptors (Lipinski definition) is 3. The molecule has 0 atom stereocenters.